The smallest absolute Gasteiger partial charge is 0.335 e. The first kappa shape index (κ1) is 16.6. The van der Waals surface area contributed by atoms with Gasteiger partial charge < -0.3 is 15.2 Å². The average Bonchev–Trinajstić information content (AvgIpc) is 2.88. The van der Waals surface area contributed by atoms with Gasteiger partial charge in [0.1, 0.15) is 5.75 Å². The summed E-state index contributed by atoms with van der Waals surface area (Å²) in [6.45, 7) is 2.03. The van der Waals surface area contributed by atoms with Crippen LogP contribution in [0.1, 0.15) is 47.2 Å². The molecule has 1 fully saturated rings. The second-order valence-electron chi connectivity index (χ2n) is 7.24. The maximum Gasteiger partial charge on any atom is 0.335 e. The first-order chi connectivity index (χ1) is 12.5. The highest BCUT2D eigenvalue weighted by atomic mass is 16.5. The first-order valence-corrected chi connectivity index (χ1v) is 8.90. The quantitative estimate of drug-likeness (QED) is 0.879. The van der Waals surface area contributed by atoms with E-state index in [1.165, 1.54) is 6.07 Å². The van der Waals surface area contributed by atoms with Crippen LogP contribution in [0, 0.1) is 6.92 Å². The highest BCUT2D eigenvalue weighted by Gasteiger charge is 2.49. The van der Waals surface area contributed by atoms with E-state index in [1.807, 2.05) is 31.2 Å². The minimum absolute atomic E-state index is 0.0240. The van der Waals surface area contributed by atoms with Gasteiger partial charge in [-0.05, 0) is 74.1 Å². The lowest BCUT2D eigenvalue weighted by Crippen LogP contribution is -2.41. The number of anilines is 1. The number of carbonyl (C=O) groups is 2. The number of hydrogen-bond acceptors (Lipinski definition) is 3. The molecule has 0 unspecified atom stereocenters. The Hall–Kier alpha value is -2.82. The van der Waals surface area contributed by atoms with Crippen molar-refractivity contribution in [1.82, 2.24) is 0 Å². The molecule has 2 N–H and O–H groups in total. The van der Waals surface area contributed by atoms with E-state index >= 15 is 0 Å². The number of ether oxygens (including phenoxy) is 1. The maximum atomic E-state index is 12.7. The predicted molar refractivity (Wildman–Crippen MR) is 97.8 cm³/mol. The number of hydrogen-bond donors (Lipinski definition) is 2. The molecule has 2 aromatic carbocycles. The first-order valence-electron chi connectivity index (χ1n) is 8.90. The van der Waals surface area contributed by atoms with Crippen LogP contribution < -0.4 is 10.1 Å². The molecular weight excluding hydrogens is 330 g/mol. The number of amides is 1. The highest BCUT2D eigenvalue weighted by Crippen LogP contribution is 2.48. The number of benzene rings is 2. The molecule has 0 atom stereocenters. The minimum atomic E-state index is -0.973. The number of carbonyl (C=O) groups excluding carboxylic acids is 1. The van der Waals surface area contributed by atoms with Gasteiger partial charge in [0, 0.05) is 5.69 Å². The Bertz CT molecular complexity index is 881. The second kappa shape index (κ2) is 6.16. The molecule has 0 aromatic heterocycles. The van der Waals surface area contributed by atoms with Crippen LogP contribution in [-0.4, -0.2) is 23.1 Å². The maximum absolute atomic E-state index is 12.7. The third kappa shape index (κ3) is 2.73. The number of nitrogens with one attached hydrogen (secondary N) is 1. The van der Waals surface area contributed by atoms with E-state index in [0.29, 0.717) is 12.8 Å². The number of aromatic carboxylic acids is 1. The van der Waals surface area contributed by atoms with E-state index in [0.717, 1.165) is 35.4 Å². The summed E-state index contributed by atoms with van der Waals surface area (Å²) in [5.41, 5.74) is 2.29. The number of aryl methyl sites for hydroxylation is 1. The van der Waals surface area contributed by atoms with Crippen LogP contribution in [0.15, 0.2) is 42.5 Å². The van der Waals surface area contributed by atoms with Gasteiger partial charge in [-0.15, -0.1) is 0 Å². The Morgan fingerprint density at radius 3 is 2.65 bits per heavy atom. The molecule has 0 bridgehead atoms. The molecule has 1 aliphatic heterocycles. The molecule has 1 aliphatic carbocycles. The molecule has 1 heterocycles. The molecule has 5 heteroatoms. The summed E-state index contributed by atoms with van der Waals surface area (Å²) in [6, 6.07) is 12.9. The molecule has 0 radical (unpaired) electrons. The van der Waals surface area contributed by atoms with Crippen molar-refractivity contribution in [3.8, 4) is 5.75 Å². The fourth-order valence-corrected chi connectivity index (χ4v) is 4.13. The molecule has 1 amide bonds. The van der Waals surface area contributed by atoms with Crippen LogP contribution in [0.4, 0.5) is 5.69 Å². The van der Waals surface area contributed by atoms with Crippen molar-refractivity contribution in [3.05, 3.63) is 59.2 Å². The van der Waals surface area contributed by atoms with Gasteiger partial charge in [0.2, 0.25) is 5.91 Å². The number of rotatable bonds is 3. The Balaban J connectivity index is 1.54. The molecule has 1 saturated carbocycles. The Morgan fingerprint density at radius 1 is 1.19 bits per heavy atom. The van der Waals surface area contributed by atoms with Crippen LogP contribution >= 0.6 is 0 Å². The summed E-state index contributed by atoms with van der Waals surface area (Å²) in [7, 11) is 0. The minimum Gasteiger partial charge on any atom is -0.490 e. The van der Waals surface area contributed by atoms with Crippen molar-refractivity contribution in [1.29, 1.82) is 0 Å². The lowest BCUT2D eigenvalue weighted by atomic mass is 9.69. The molecule has 2 aromatic rings. The van der Waals surface area contributed by atoms with Crippen molar-refractivity contribution in [2.45, 2.75) is 44.1 Å². The summed E-state index contributed by atoms with van der Waals surface area (Å²) < 4.78 is 6.10. The van der Waals surface area contributed by atoms with Gasteiger partial charge in [-0.1, -0.05) is 12.1 Å². The summed E-state index contributed by atoms with van der Waals surface area (Å²) in [4.78, 5) is 24.0. The summed E-state index contributed by atoms with van der Waals surface area (Å²) in [6.07, 6.45) is 2.91. The molecule has 2 aliphatic rings. The van der Waals surface area contributed by atoms with Gasteiger partial charge in [0.05, 0.1) is 17.1 Å². The zero-order chi connectivity index (χ0) is 18.3. The zero-order valence-corrected chi connectivity index (χ0v) is 14.6. The molecule has 134 valence electrons. The average molecular weight is 351 g/mol. The summed E-state index contributed by atoms with van der Waals surface area (Å²) in [5, 5.41) is 12.2. The fourth-order valence-electron chi connectivity index (χ4n) is 4.13. The summed E-state index contributed by atoms with van der Waals surface area (Å²) in [5.74, 6) is -0.141. The Labute approximate surface area is 152 Å². The topological polar surface area (TPSA) is 75.6 Å². The van der Waals surface area contributed by atoms with Crippen LogP contribution in [0.2, 0.25) is 0 Å². The van der Waals surface area contributed by atoms with Gasteiger partial charge in [-0.3, -0.25) is 4.79 Å². The highest BCUT2D eigenvalue weighted by molar-refractivity contribution is 6.07. The third-order valence-corrected chi connectivity index (χ3v) is 5.54. The normalized spacial score (nSPS) is 24.2. The van der Waals surface area contributed by atoms with E-state index in [4.69, 9.17) is 4.74 Å². The molecule has 5 nitrogen and oxygen atoms in total. The van der Waals surface area contributed by atoms with Gasteiger partial charge in [0.25, 0.3) is 0 Å². The number of carboxylic acid groups (broad SMARTS) is 1. The van der Waals surface area contributed by atoms with E-state index in [1.54, 1.807) is 12.1 Å². The standard InChI is InChI=1S/C21H21NO4/c1-13-3-2-4-16(11-13)26-15-7-9-21(10-8-15)17-12-14(19(23)24)5-6-18(17)22-20(21)25/h2-6,11-12,15H,7-10H2,1H3,(H,22,25)(H,23,24). The van der Waals surface area contributed by atoms with E-state index < -0.39 is 11.4 Å². The van der Waals surface area contributed by atoms with Gasteiger partial charge in [-0.2, -0.15) is 0 Å². The molecular formula is C21H21NO4. The van der Waals surface area contributed by atoms with Crippen LogP contribution in [-0.2, 0) is 10.2 Å². The van der Waals surface area contributed by atoms with Gasteiger partial charge in [0.15, 0.2) is 0 Å². The number of fused-ring (bicyclic) bond motifs is 2. The fraction of sp³-hybridized carbons (Fsp3) is 0.333. The number of carboxylic acids is 1. The lowest BCUT2D eigenvalue weighted by molar-refractivity contribution is -0.122. The predicted octanol–water partition coefficient (Wildman–Crippen LogP) is 3.90. The van der Waals surface area contributed by atoms with Crippen LogP contribution in [0.3, 0.4) is 0 Å². The van der Waals surface area contributed by atoms with E-state index in [2.05, 4.69) is 5.32 Å². The SMILES string of the molecule is Cc1cccc(OC2CCC3(CC2)C(=O)Nc2ccc(C(=O)O)cc23)c1. The summed E-state index contributed by atoms with van der Waals surface area (Å²) >= 11 is 0. The van der Waals surface area contributed by atoms with Crippen molar-refractivity contribution < 1.29 is 19.4 Å². The molecule has 4 rings (SSSR count). The van der Waals surface area contributed by atoms with Gasteiger partial charge >= 0.3 is 5.97 Å². The van der Waals surface area contributed by atoms with Crippen molar-refractivity contribution in [3.63, 3.8) is 0 Å². The second-order valence-corrected chi connectivity index (χ2v) is 7.24. The van der Waals surface area contributed by atoms with E-state index in [-0.39, 0.29) is 17.6 Å². The Kier molecular flexibility index (Phi) is 3.94. The Morgan fingerprint density at radius 2 is 1.96 bits per heavy atom. The monoisotopic (exact) mass is 351 g/mol. The largest absolute Gasteiger partial charge is 0.490 e. The van der Waals surface area contributed by atoms with Crippen molar-refractivity contribution in [2.24, 2.45) is 0 Å². The van der Waals surface area contributed by atoms with Gasteiger partial charge in [-0.25, -0.2) is 4.79 Å². The molecule has 1 spiro atoms. The third-order valence-electron chi connectivity index (χ3n) is 5.54. The van der Waals surface area contributed by atoms with Crippen molar-refractivity contribution >= 4 is 17.6 Å². The van der Waals surface area contributed by atoms with Crippen LogP contribution in [0.5, 0.6) is 5.75 Å². The lowest BCUT2D eigenvalue weighted by Gasteiger charge is -2.35. The van der Waals surface area contributed by atoms with E-state index in [9.17, 15) is 14.7 Å². The zero-order valence-electron chi connectivity index (χ0n) is 14.6. The van der Waals surface area contributed by atoms with Crippen LogP contribution in [0.25, 0.3) is 0 Å². The van der Waals surface area contributed by atoms with Crippen molar-refractivity contribution in [2.75, 3.05) is 5.32 Å². The molecule has 0 saturated heterocycles. The molecule has 26 heavy (non-hydrogen) atoms.